The molecule has 1 saturated carbocycles. The smallest absolute Gasteiger partial charge is 0.329 e. The molecule has 0 bridgehead atoms. The molecule has 0 aliphatic heterocycles. The van der Waals surface area contributed by atoms with Gasteiger partial charge in [-0.2, -0.15) is 4.98 Å². The van der Waals surface area contributed by atoms with E-state index in [2.05, 4.69) is 20.6 Å². The van der Waals surface area contributed by atoms with Crippen LogP contribution in [0.25, 0.3) is 0 Å². The van der Waals surface area contributed by atoms with E-state index in [9.17, 15) is 14.5 Å². The summed E-state index contributed by atoms with van der Waals surface area (Å²) >= 11 is 0. The third-order valence-electron chi connectivity index (χ3n) is 5.16. The number of hydrogen-bond acceptors (Lipinski definition) is 7. The quantitative estimate of drug-likeness (QED) is 0.491. The summed E-state index contributed by atoms with van der Waals surface area (Å²) in [7, 11) is 0. The van der Waals surface area contributed by atoms with E-state index < -0.39 is 4.92 Å². The van der Waals surface area contributed by atoms with E-state index in [-0.39, 0.29) is 29.3 Å². The van der Waals surface area contributed by atoms with Crippen molar-refractivity contribution in [1.29, 1.82) is 0 Å². The molecular formula is C19H25FN6O2. The van der Waals surface area contributed by atoms with Crippen LogP contribution < -0.4 is 16.4 Å². The predicted octanol–water partition coefficient (Wildman–Crippen LogP) is 3.37. The van der Waals surface area contributed by atoms with Crippen LogP contribution >= 0.6 is 0 Å². The average molecular weight is 388 g/mol. The summed E-state index contributed by atoms with van der Waals surface area (Å²) in [5.74, 6) is 0.540. The van der Waals surface area contributed by atoms with Crippen LogP contribution in [0.15, 0.2) is 24.4 Å². The summed E-state index contributed by atoms with van der Waals surface area (Å²) in [6.45, 7) is 2.81. The minimum Gasteiger partial charge on any atom is -0.364 e. The molecule has 0 amide bonds. The van der Waals surface area contributed by atoms with Crippen molar-refractivity contribution in [2.24, 2.45) is 11.7 Å². The molecule has 1 aromatic heterocycles. The second-order valence-electron chi connectivity index (χ2n) is 7.27. The molecular weight excluding hydrogens is 363 g/mol. The van der Waals surface area contributed by atoms with Crippen LogP contribution in [-0.2, 0) is 6.54 Å². The Morgan fingerprint density at radius 2 is 2.04 bits per heavy atom. The van der Waals surface area contributed by atoms with Crippen molar-refractivity contribution < 1.29 is 9.31 Å². The number of aryl methyl sites for hydroxylation is 1. The Labute approximate surface area is 162 Å². The molecule has 1 aliphatic rings. The number of aromatic nitrogens is 2. The summed E-state index contributed by atoms with van der Waals surface area (Å²) in [5.41, 5.74) is 7.47. The number of nitrogens with zero attached hydrogens (tertiary/aromatic N) is 3. The van der Waals surface area contributed by atoms with E-state index in [0.29, 0.717) is 19.0 Å². The average Bonchev–Trinajstić information content (AvgIpc) is 2.68. The number of halogens is 1. The summed E-state index contributed by atoms with van der Waals surface area (Å²) in [6.07, 6.45) is 5.12. The van der Waals surface area contributed by atoms with Crippen LogP contribution in [0.4, 0.5) is 21.8 Å². The molecule has 9 heteroatoms. The van der Waals surface area contributed by atoms with Crippen molar-refractivity contribution in [2.45, 2.75) is 45.2 Å². The van der Waals surface area contributed by atoms with Gasteiger partial charge in [-0.3, -0.25) is 10.1 Å². The molecule has 2 aromatic rings. The Balaban J connectivity index is 1.68. The fourth-order valence-corrected chi connectivity index (χ4v) is 3.36. The van der Waals surface area contributed by atoms with Gasteiger partial charge in [-0.1, -0.05) is 6.07 Å². The van der Waals surface area contributed by atoms with E-state index in [0.717, 1.165) is 36.8 Å². The third kappa shape index (κ3) is 5.13. The molecule has 0 atom stereocenters. The van der Waals surface area contributed by atoms with Gasteiger partial charge in [0.05, 0.1) is 4.92 Å². The first kappa shape index (κ1) is 19.9. The second kappa shape index (κ2) is 8.92. The molecule has 4 N–H and O–H groups in total. The zero-order valence-corrected chi connectivity index (χ0v) is 15.8. The Morgan fingerprint density at radius 3 is 2.75 bits per heavy atom. The molecule has 8 nitrogen and oxygen atoms in total. The topological polar surface area (TPSA) is 119 Å². The molecule has 0 unspecified atom stereocenters. The van der Waals surface area contributed by atoms with Gasteiger partial charge >= 0.3 is 5.69 Å². The number of benzene rings is 1. The standard InChI is InChI=1S/C19H25FN6O2/c1-12-2-5-15(20)8-14(12)10-23-19-24-11-17(26(27)28)18(25-19)22-9-13-3-6-16(21)7-4-13/h2,5,8,11,13,16H,3-4,6-7,9-10,21H2,1H3,(H2,22,23,24,25)/t13-,16-. The van der Waals surface area contributed by atoms with Gasteiger partial charge in [-0.05, 0) is 61.8 Å². The summed E-state index contributed by atoms with van der Waals surface area (Å²) in [4.78, 5) is 19.1. The summed E-state index contributed by atoms with van der Waals surface area (Å²) < 4.78 is 13.4. The third-order valence-corrected chi connectivity index (χ3v) is 5.16. The summed E-state index contributed by atoms with van der Waals surface area (Å²) in [5, 5.41) is 17.4. The fourth-order valence-electron chi connectivity index (χ4n) is 3.36. The highest BCUT2D eigenvalue weighted by atomic mass is 19.1. The highest BCUT2D eigenvalue weighted by Gasteiger charge is 2.21. The van der Waals surface area contributed by atoms with Crippen molar-refractivity contribution in [3.8, 4) is 0 Å². The first-order chi connectivity index (χ1) is 13.4. The van der Waals surface area contributed by atoms with Crippen LogP contribution in [0, 0.1) is 28.8 Å². The van der Waals surface area contributed by atoms with Crippen LogP contribution in [0.5, 0.6) is 0 Å². The lowest BCUT2D eigenvalue weighted by atomic mass is 9.86. The van der Waals surface area contributed by atoms with Crippen molar-refractivity contribution in [1.82, 2.24) is 9.97 Å². The van der Waals surface area contributed by atoms with E-state index in [1.807, 2.05) is 6.92 Å². The zero-order valence-electron chi connectivity index (χ0n) is 15.8. The molecule has 0 spiro atoms. The minimum atomic E-state index is -0.500. The van der Waals surface area contributed by atoms with Crippen LogP contribution in [-0.4, -0.2) is 27.5 Å². The van der Waals surface area contributed by atoms with E-state index >= 15 is 0 Å². The Hall–Kier alpha value is -2.81. The lowest BCUT2D eigenvalue weighted by Gasteiger charge is -2.26. The molecule has 1 aromatic carbocycles. The largest absolute Gasteiger partial charge is 0.364 e. The van der Waals surface area contributed by atoms with Gasteiger partial charge in [0.2, 0.25) is 11.8 Å². The Morgan fingerprint density at radius 1 is 1.29 bits per heavy atom. The van der Waals surface area contributed by atoms with E-state index in [4.69, 9.17) is 5.73 Å². The lowest BCUT2D eigenvalue weighted by Crippen LogP contribution is -2.29. The maximum absolute atomic E-state index is 13.4. The monoisotopic (exact) mass is 388 g/mol. The lowest BCUT2D eigenvalue weighted by molar-refractivity contribution is -0.384. The van der Waals surface area contributed by atoms with Gasteiger partial charge in [-0.15, -0.1) is 0 Å². The van der Waals surface area contributed by atoms with Crippen LogP contribution in [0.1, 0.15) is 36.8 Å². The van der Waals surface area contributed by atoms with Crippen LogP contribution in [0.2, 0.25) is 0 Å². The molecule has 1 heterocycles. The van der Waals surface area contributed by atoms with E-state index in [1.54, 1.807) is 6.07 Å². The van der Waals surface area contributed by atoms with Crippen molar-refractivity contribution in [2.75, 3.05) is 17.2 Å². The first-order valence-corrected chi connectivity index (χ1v) is 9.42. The Kier molecular flexibility index (Phi) is 6.35. The maximum Gasteiger partial charge on any atom is 0.329 e. The normalized spacial score (nSPS) is 19.2. The zero-order chi connectivity index (χ0) is 20.1. The number of anilines is 2. The molecule has 28 heavy (non-hydrogen) atoms. The molecule has 3 rings (SSSR count). The minimum absolute atomic E-state index is 0.167. The summed E-state index contributed by atoms with van der Waals surface area (Å²) in [6, 6.07) is 4.81. The first-order valence-electron chi connectivity index (χ1n) is 9.42. The number of nitro groups is 1. The molecule has 1 fully saturated rings. The van der Waals surface area contributed by atoms with Gasteiger partial charge in [0.15, 0.2) is 0 Å². The molecule has 1 aliphatic carbocycles. The fraction of sp³-hybridized carbons (Fsp3) is 0.474. The van der Waals surface area contributed by atoms with Gasteiger partial charge in [0.25, 0.3) is 0 Å². The number of nitrogens with one attached hydrogen (secondary N) is 2. The van der Waals surface area contributed by atoms with Crippen molar-refractivity contribution in [3.63, 3.8) is 0 Å². The second-order valence-corrected chi connectivity index (χ2v) is 7.27. The molecule has 150 valence electrons. The number of hydrogen-bond donors (Lipinski definition) is 3. The number of rotatable bonds is 7. The predicted molar refractivity (Wildman–Crippen MR) is 106 cm³/mol. The van der Waals surface area contributed by atoms with Gasteiger partial charge in [-0.25, -0.2) is 9.37 Å². The number of nitrogens with two attached hydrogens (primary N) is 1. The van der Waals surface area contributed by atoms with Crippen molar-refractivity contribution in [3.05, 3.63) is 51.5 Å². The van der Waals surface area contributed by atoms with E-state index in [1.165, 1.54) is 18.3 Å². The van der Waals surface area contributed by atoms with Gasteiger partial charge < -0.3 is 16.4 Å². The van der Waals surface area contributed by atoms with Gasteiger partial charge in [0.1, 0.15) is 12.0 Å². The maximum atomic E-state index is 13.4. The van der Waals surface area contributed by atoms with Gasteiger partial charge in [0, 0.05) is 19.1 Å². The van der Waals surface area contributed by atoms with Crippen LogP contribution in [0.3, 0.4) is 0 Å². The molecule has 0 radical (unpaired) electrons. The highest BCUT2D eigenvalue weighted by Crippen LogP contribution is 2.26. The Bertz CT molecular complexity index is 839. The molecule has 0 saturated heterocycles. The highest BCUT2D eigenvalue weighted by molar-refractivity contribution is 5.57. The SMILES string of the molecule is Cc1ccc(F)cc1CNc1ncc([N+](=O)[O-])c(NC[C@H]2CC[C@H](N)CC2)n1. The van der Waals surface area contributed by atoms with Crippen molar-refractivity contribution >= 4 is 17.5 Å².